The van der Waals surface area contributed by atoms with Crippen molar-refractivity contribution in [2.24, 2.45) is 11.8 Å². The molecule has 2 unspecified atom stereocenters. The fourth-order valence-corrected chi connectivity index (χ4v) is 1.67. The van der Waals surface area contributed by atoms with E-state index in [-0.39, 0.29) is 1.43 Å². The third kappa shape index (κ3) is 1.93. The molecule has 0 radical (unpaired) electrons. The Morgan fingerprint density at radius 2 is 2.33 bits per heavy atom. The maximum atomic E-state index is 10.7. The van der Waals surface area contributed by atoms with Crippen molar-refractivity contribution >= 4 is 5.57 Å². The number of hydrogen-bond donors (Lipinski definition) is 1. The lowest BCUT2D eigenvalue weighted by Gasteiger charge is -2.00. The van der Waals surface area contributed by atoms with Crippen LogP contribution in [0.4, 0.5) is 0 Å². The lowest BCUT2D eigenvalue weighted by atomic mass is 10.1. The first kappa shape index (κ1) is 9.96. The average molecular weight is 208 g/mol. The second kappa shape index (κ2) is 3.88. The number of aromatic nitrogens is 2. The molecule has 0 spiro atoms. The Hall–Kier alpha value is -1.58. The molecule has 3 rings (SSSR count). The van der Waals surface area contributed by atoms with Gasteiger partial charge in [0.2, 0.25) is 0 Å². The van der Waals surface area contributed by atoms with E-state index >= 15 is 0 Å². The molecule has 0 amide bonds. The van der Waals surface area contributed by atoms with Gasteiger partial charge < -0.3 is 0 Å². The smallest absolute Gasteiger partial charge is 0.296 e. The molecule has 2 aliphatic carbocycles. The molecular formula is C11H16N2O2. The van der Waals surface area contributed by atoms with Crippen LogP contribution in [0.2, 0.25) is 0 Å². The van der Waals surface area contributed by atoms with Gasteiger partial charge in [-0.1, -0.05) is 37.2 Å². The summed E-state index contributed by atoms with van der Waals surface area (Å²) in [6, 6.07) is 0. The SMILES string of the molecule is CC.O=c1[nH]c(C2=CC3CC3C=C2)no1.[HH]. The van der Waals surface area contributed by atoms with Crippen molar-refractivity contribution in [2.45, 2.75) is 20.3 Å². The zero-order valence-corrected chi connectivity index (χ0v) is 8.86. The first-order chi connectivity index (χ1) is 7.33. The quantitative estimate of drug-likeness (QED) is 0.769. The maximum absolute atomic E-state index is 10.7. The fraction of sp³-hybridized carbons (Fsp3) is 0.455. The number of fused-ring (bicyclic) bond motifs is 1. The van der Waals surface area contributed by atoms with Crippen LogP contribution in [0.1, 0.15) is 27.5 Å². The van der Waals surface area contributed by atoms with Gasteiger partial charge in [0.25, 0.3) is 0 Å². The summed E-state index contributed by atoms with van der Waals surface area (Å²) in [7, 11) is 0. The van der Waals surface area contributed by atoms with Crippen molar-refractivity contribution in [3.8, 4) is 0 Å². The molecule has 0 aromatic carbocycles. The number of hydrogen-bond acceptors (Lipinski definition) is 3. The van der Waals surface area contributed by atoms with Gasteiger partial charge in [0.1, 0.15) is 0 Å². The zero-order chi connectivity index (χ0) is 10.8. The summed E-state index contributed by atoms with van der Waals surface area (Å²) >= 11 is 0. The summed E-state index contributed by atoms with van der Waals surface area (Å²) in [4.78, 5) is 13.2. The largest absolute Gasteiger partial charge is 0.439 e. The minimum atomic E-state index is -0.498. The summed E-state index contributed by atoms with van der Waals surface area (Å²) in [6.07, 6.45) is 7.51. The number of aromatic amines is 1. The Morgan fingerprint density at radius 3 is 2.93 bits per heavy atom. The summed E-state index contributed by atoms with van der Waals surface area (Å²) in [5.74, 6) is 1.41. The number of rotatable bonds is 1. The summed E-state index contributed by atoms with van der Waals surface area (Å²) in [6.45, 7) is 4.00. The first-order valence-electron chi connectivity index (χ1n) is 5.29. The van der Waals surface area contributed by atoms with E-state index in [0.717, 1.165) is 11.5 Å². The molecule has 1 aromatic heterocycles. The monoisotopic (exact) mass is 208 g/mol. The zero-order valence-electron chi connectivity index (χ0n) is 8.86. The molecule has 0 saturated heterocycles. The molecule has 15 heavy (non-hydrogen) atoms. The van der Waals surface area contributed by atoms with Crippen LogP contribution in [0.25, 0.3) is 5.57 Å². The Kier molecular flexibility index (Phi) is 2.58. The second-order valence-electron chi connectivity index (χ2n) is 3.49. The molecule has 2 aliphatic rings. The van der Waals surface area contributed by atoms with Gasteiger partial charge in [-0.15, -0.1) is 0 Å². The van der Waals surface area contributed by atoms with Crippen molar-refractivity contribution in [3.63, 3.8) is 0 Å². The fourth-order valence-electron chi connectivity index (χ4n) is 1.67. The number of allylic oxidation sites excluding steroid dienone is 4. The van der Waals surface area contributed by atoms with Gasteiger partial charge in [0, 0.05) is 7.00 Å². The van der Waals surface area contributed by atoms with Crippen molar-refractivity contribution in [1.82, 2.24) is 10.1 Å². The highest BCUT2D eigenvalue weighted by Crippen LogP contribution is 2.45. The van der Waals surface area contributed by atoms with E-state index in [1.165, 1.54) is 6.42 Å². The van der Waals surface area contributed by atoms with Gasteiger partial charge in [-0.3, -0.25) is 9.51 Å². The van der Waals surface area contributed by atoms with Crippen LogP contribution in [0.3, 0.4) is 0 Å². The van der Waals surface area contributed by atoms with Crippen LogP contribution in [0, 0.1) is 11.8 Å². The lowest BCUT2D eigenvalue weighted by molar-refractivity contribution is 0.385. The molecular weight excluding hydrogens is 192 g/mol. The maximum Gasteiger partial charge on any atom is 0.439 e. The van der Waals surface area contributed by atoms with Gasteiger partial charge in [-0.2, -0.15) is 0 Å². The molecule has 0 bridgehead atoms. The van der Waals surface area contributed by atoms with E-state index in [9.17, 15) is 4.79 Å². The molecule has 0 aliphatic heterocycles. The van der Waals surface area contributed by atoms with E-state index in [0.29, 0.717) is 11.7 Å². The Bertz CT molecular complexity index is 459. The highest BCUT2D eigenvalue weighted by atomic mass is 16.5. The predicted octanol–water partition coefficient (Wildman–Crippen LogP) is 2.22. The highest BCUT2D eigenvalue weighted by molar-refractivity contribution is 5.71. The van der Waals surface area contributed by atoms with Gasteiger partial charge >= 0.3 is 5.76 Å². The van der Waals surface area contributed by atoms with Gasteiger partial charge in [0.15, 0.2) is 5.82 Å². The Balaban J connectivity index is 0.000000406. The van der Waals surface area contributed by atoms with E-state index in [1.807, 2.05) is 19.9 Å². The molecule has 82 valence electrons. The molecule has 1 saturated carbocycles. The minimum Gasteiger partial charge on any atom is -0.296 e. The Morgan fingerprint density at radius 1 is 1.53 bits per heavy atom. The van der Waals surface area contributed by atoms with Crippen LogP contribution < -0.4 is 5.76 Å². The summed E-state index contributed by atoms with van der Waals surface area (Å²) in [5, 5.41) is 3.63. The van der Waals surface area contributed by atoms with Crippen molar-refractivity contribution in [2.75, 3.05) is 0 Å². The van der Waals surface area contributed by atoms with Crippen molar-refractivity contribution in [3.05, 3.63) is 34.6 Å². The number of nitrogens with zero attached hydrogens (tertiary/aromatic N) is 1. The van der Waals surface area contributed by atoms with Crippen molar-refractivity contribution < 1.29 is 5.95 Å². The molecule has 1 N–H and O–H groups in total. The molecule has 4 nitrogen and oxygen atoms in total. The molecule has 2 atom stereocenters. The average Bonchev–Trinajstić information content (AvgIpc) is 2.94. The summed E-state index contributed by atoms with van der Waals surface area (Å²) in [5.41, 5.74) is 0.963. The van der Waals surface area contributed by atoms with Gasteiger partial charge in [-0.25, -0.2) is 4.79 Å². The van der Waals surface area contributed by atoms with Gasteiger partial charge in [0.05, 0.1) is 0 Å². The van der Waals surface area contributed by atoms with Crippen LogP contribution >= 0.6 is 0 Å². The van der Waals surface area contributed by atoms with Crippen molar-refractivity contribution in [1.29, 1.82) is 0 Å². The van der Waals surface area contributed by atoms with Crippen LogP contribution in [-0.2, 0) is 0 Å². The highest BCUT2D eigenvalue weighted by Gasteiger charge is 2.35. The van der Waals surface area contributed by atoms with E-state index in [4.69, 9.17) is 0 Å². The lowest BCUT2D eigenvalue weighted by Crippen LogP contribution is -1.97. The third-order valence-electron chi connectivity index (χ3n) is 2.52. The standard InChI is InChI=1S/C9H8N2O2.C2H6.H2/c12-9-10-8(11-13-9)6-2-1-5-3-7(5)4-6;1-2;/h1-2,4-5,7H,3H2,(H,10,11,12);1-2H3;1H. The van der Waals surface area contributed by atoms with Crippen LogP contribution in [-0.4, -0.2) is 10.1 Å². The number of H-pyrrole nitrogens is 1. The summed E-state index contributed by atoms with van der Waals surface area (Å²) < 4.78 is 4.43. The molecule has 1 aromatic rings. The second-order valence-corrected chi connectivity index (χ2v) is 3.49. The molecule has 1 fully saturated rings. The van der Waals surface area contributed by atoms with E-state index in [1.54, 1.807) is 0 Å². The molecule has 4 heteroatoms. The predicted molar refractivity (Wildman–Crippen MR) is 59.3 cm³/mol. The third-order valence-corrected chi connectivity index (χ3v) is 2.52. The van der Waals surface area contributed by atoms with Gasteiger partial charge in [-0.05, 0) is 18.3 Å². The normalized spacial score (nSPS) is 26.1. The Labute approximate surface area is 89.2 Å². The minimum absolute atomic E-state index is 0. The van der Waals surface area contributed by atoms with Crippen LogP contribution in [0.5, 0.6) is 0 Å². The first-order valence-corrected chi connectivity index (χ1v) is 5.29. The van der Waals surface area contributed by atoms with Crippen LogP contribution in [0.15, 0.2) is 27.5 Å². The van der Waals surface area contributed by atoms with E-state index < -0.39 is 5.76 Å². The topological polar surface area (TPSA) is 58.9 Å². The number of nitrogens with one attached hydrogen (secondary N) is 1. The van der Waals surface area contributed by atoms with E-state index in [2.05, 4.69) is 26.8 Å². The molecule has 1 heterocycles.